The Labute approximate surface area is 110 Å². The molecular formula is C12H12ClN3O2. The van der Waals surface area contributed by atoms with Crippen LogP contribution < -0.4 is 0 Å². The highest BCUT2D eigenvalue weighted by molar-refractivity contribution is 6.29. The van der Waals surface area contributed by atoms with Gasteiger partial charge in [-0.15, -0.1) is 0 Å². The summed E-state index contributed by atoms with van der Waals surface area (Å²) in [6.45, 7) is 0. The van der Waals surface area contributed by atoms with Crippen LogP contribution in [0, 0.1) is 0 Å². The first-order chi connectivity index (χ1) is 8.74. The molecule has 2 rings (SSSR count). The summed E-state index contributed by atoms with van der Waals surface area (Å²) in [5, 5.41) is 0.341. The second kappa shape index (κ2) is 5.86. The molecule has 0 fully saturated rings. The van der Waals surface area contributed by atoms with Crippen molar-refractivity contribution < 1.29 is 9.47 Å². The summed E-state index contributed by atoms with van der Waals surface area (Å²) in [6.07, 6.45) is 6.02. The van der Waals surface area contributed by atoms with Gasteiger partial charge in [0.1, 0.15) is 5.15 Å². The van der Waals surface area contributed by atoms with Crippen LogP contribution >= 0.6 is 11.6 Å². The number of ether oxygens (including phenoxy) is 2. The van der Waals surface area contributed by atoms with Crippen LogP contribution in [0.2, 0.25) is 5.15 Å². The molecule has 2 aromatic rings. The maximum absolute atomic E-state index is 5.81. The lowest BCUT2D eigenvalue weighted by Gasteiger charge is -2.13. The molecule has 0 bridgehead atoms. The van der Waals surface area contributed by atoms with Crippen LogP contribution in [0.15, 0.2) is 30.9 Å². The molecule has 18 heavy (non-hydrogen) atoms. The number of pyridine rings is 1. The minimum absolute atomic E-state index is 0.341. The molecule has 0 aliphatic carbocycles. The van der Waals surface area contributed by atoms with Crippen LogP contribution in [0.5, 0.6) is 0 Å². The van der Waals surface area contributed by atoms with Gasteiger partial charge < -0.3 is 9.47 Å². The first-order valence-corrected chi connectivity index (χ1v) is 5.61. The van der Waals surface area contributed by atoms with Crippen molar-refractivity contribution in [3.05, 3.63) is 41.6 Å². The molecule has 0 amide bonds. The minimum atomic E-state index is -0.454. The second-order valence-electron chi connectivity index (χ2n) is 3.54. The lowest BCUT2D eigenvalue weighted by Crippen LogP contribution is -2.04. The van der Waals surface area contributed by atoms with Gasteiger partial charge in [0.2, 0.25) is 0 Å². The fraction of sp³-hybridized carbons (Fsp3) is 0.250. The molecule has 0 atom stereocenters. The van der Waals surface area contributed by atoms with Gasteiger partial charge in [-0.2, -0.15) is 0 Å². The standard InChI is InChI=1S/C12H12ClN3O2/c1-17-12(18-2)9-3-8(4-14-5-9)10-6-15-7-11(13)16-10/h3-7,12H,1-2H3. The van der Waals surface area contributed by atoms with E-state index < -0.39 is 6.29 Å². The van der Waals surface area contributed by atoms with Crippen molar-refractivity contribution in [1.29, 1.82) is 0 Å². The summed E-state index contributed by atoms with van der Waals surface area (Å²) >= 11 is 5.81. The number of hydrogen-bond donors (Lipinski definition) is 0. The van der Waals surface area contributed by atoms with Crippen LogP contribution in [0.4, 0.5) is 0 Å². The van der Waals surface area contributed by atoms with Gasteiger partial charge in [-0.3, -0.25) is 9.97 Å². The van der Waals surface area contributed by atoms with E-state index in [0.717, 1.165) is 11.1 Å². The molecule has 0 radical (unpaired) electrons. The maximum atomic E-state index is 5.81. The van der Waals surface area contributed by atoms with E-state index in [1.165, 1.54) is 6.20 Å². The van der Waals surface area contributed by atoms with Gasteiger partial charge in [0, 0.05) is 37.7 Å². The molecule has 0 aromatic carbocycles. The van der Waals surface area contributed by atoms with Crippen molar-refractivity contribution in [1.82, 2.24) is 15.0 Å². The van der Waals surface area contributed by atoms with E-state index in [-0.39, 0.29) is 0 Å². The molecule has 2 aromatic heterocycles. The highest BCUT2D eigenvalue weighted by Gasteiger charge is 2.11. The van der Waals surface area contributed by atoms with E-state index >= 15 is 0 Å². The topological polar surface area (TPSA) is 57.1 Å². The van der Waals surface area contributed by atoms with Crippen molar-refractivity contribution in [2.75, 3.05) is 14.2 Å². The maximum Gasteiger partial charge on any atom is 0.184 e. The zero-order chi connectivity index (χ0) is 13.0. The van der Waals surface area contributed by atoms with Gasteiger partial charge in [-0.05, 0) is 6.07 Å². The summed E-state index contributed by atoms with van der Waals surface area (Å²) in [7, 11) is 3.14. The zero-order valence-corrected chi connectivity index (χ0v) is 10.8. The molecule has 0 aliphatic rings. The van der Waals surface area contributed by atoms with E-state index in [0.29, 0.717) is 10.8 Å². The largest absolute Gasteiger partial charge is 0.352 e. The number of hydrogen-bond acceptors (Lipinski definition) is 5. The fourth-order valence-corrected chi connectivity index (χ4v) is 1.72. The first-order valence-electron chi connectivity index (χ1n) is 5.23. The summed E-state index contributed by atoms with van der Waals surface area (Å²) in [4.78, 5) is 12.3. The third kappa shape index (κ3) is 2.81. The first kappa shape index (κ1) is 12.9. The summed E-state index contributed by atoms with van der Waals surface area (Å²) < 4.78 is 10.4. The normalized spacial score (nSPS) is 10.9. The Morgan fingerprint density at radius 3 is 2.44 bits per heavy atom. The Bertz CT molecular complexity index is 532. The van der Waals surface area contributed by atoms with Crippen molar-refractivity contribution in [3.8, 4) is 11.3 Å². The van der Waals surface area contributed by atoms with Gasteiger partial charge >= 0.3 is 0 Å². The van der Waals surface area contributed by atoms with E-state index in [4.69, 9.17) is 21.1 Å². The molecule has 0 saturated carbocycles. The molecule has 0 N–H and O–H groups in total. The van der Waals surface area contributed by atoms with Gasteiger partial charge in [-0.25, -0.2) is 4.98 Å². The summed E-state index contributed by atoms with van der Waals surface area (Å²) in [6, 6.07) is 1.88. The summed E-state index contributed by atoms with van der Waals surface area (Å²) in [5.74, 6) is 0. The SMILES string of the molecule is COC(OC)c1cncc(-c2cncc(Cl)n2)c1. The molecule has 94 valence electrons. The Kier molecular flexibility index (Phi) is 4.19. The molecule has 0 saturated heterocycles. The summed E-state index contributed by atoms with van der Waals surface area (Å²) in [5.41, 5.74) is 2.27. The highest BCUT2D eigenvalue weighted by Crippen LogP contribution is 2.22. The third-order valence-corrected chi connectivity index (χ3v) is 2.54. The minimum Gasteiger partial charge on any atom is -0.352 e. The average Bonchev–Trinajstić information content (AvgIpc) is 2.41. The van der Waals surface area contributed by atoms with Crippen molar-refractivity contribution in [2.45, 2.75) is 6.29 Å². The van der Waals surface area contributed by atoms with Crippen molar-refractivity contribution in [2.24, 2.45) is 0 Å². The van der Waals surface area contributed by atoms with Crippen LogP contribution in [-0.2, 0) is 9.47 Å². The van der Waals surface area contributed by atoms with E-state index in [1.807, 2.05) is 6.07 Å². The van der Waals surface area contributed by atoms with Gasteiger partial charge in [0.25, 0.3) is 0 Å². The number of halogens is 1. The highest BCUT2D eigenvalue weighted by atomic mass is 35.5. The Morgan fingerprint density at radius 1 is 1.06 bits per heavy atom. The quantitative estimate of drug-likeness (QED) is 0.795. The predicted octanol–water partition coefficient (Wildman–Crippen LogP) is 2.48. The van der Waals surface area contributed by atoms with E-state index in [1.54, 1.807) is 32.8 Å². The van der Waals surface area contributed by atoms with Gasteiger partial charge in [-0.1, -0.05) is 11.6 Å². The Balaban J connectivity index is 2.38. The second-order valence-corrected chi connectivity index (χ2v) is 3.92. The lowest BCUT2D eigenvalue weighted by molar-refractivity contribution is -0.106. The zero-order valence-electron chi connectivity index (χ0n) is 10.0. The number of methoxy groups -OCH3 is 2. The third-order valence-electron chi connectivity index (χ3n) is 2.36. The molecule has 0 unspecified atom stereocenters. The van der Waals surface area contributed by atoms with E-state index in [9.17, 15) is 0 Å². The monoisotopic (exact) mass is 265 g/mol. The number of rotatable bonds is 4. The van der Waals surface area contributed by atoms with Crippen LogP contribution in [-0.4, -0.2) is 29.2 Å². The number of aromatic nitrogens is 3. The van der Waals surface area contributed by atoms with Gasteiger partial charge in [0.15, 0.2) is 6.29 Å². The number of nitrogens with zero attached hydrogens (tertiary/aromatic N) is 3. The molecule has 0 aliphatic heterocycles. The molecule has 5 nitrogen and oxygen atoms in total. The average molecular weight is 266 g/mol. The molecule has 0 spiro atoms. The fourth-order valence-electron chi connectivity index (χ4n) is 1.58. The van der Waals surface area contributed by atoms with E-state index in [2.05, 4.69) is 15.0 Å². The van der Waals surface area contributed by atoms with Crippen molar-refractivity contribution >= 4 is 11.6 Å². The van der Waals surface area contributed by atoms with Crippen LogP contribution in [0.1, 0.15) is 11.9 Å². The Hall–Kier alpha value is -1.56. The lowest BCUT2D eigenvalue weighted by atomic mass is 10.1. The molecule has 2 heterocycles. The Morgan fingerprint density at radius 2 is 1.78 bits per heavy atom. The molecule has 6 heteroatoms. The molecular weight excluding hydrogens is 254 g/mol. The van der Waals surface area contributed by atoms with Gasteiger partial charge in [0.05, 0.1) is 18.1 Å². The smallest absolute Gasteiger partial charge is 0.184 e. The van der Waals surface area contributed by atoms with Crippen LogP contribution in [0.25, 0.3) is 11.3 Å². The predicted molar refractivity (Wildman–Crippen MR) is 67.0 cm³/mol. The van der Waals surface area contributed by atoms with Crippen molar-refractivity contribution in [3.63, 3.8) is 0 Å². The van der Waals surface area contributed by atoms with Crippen LogP contribution in [0.3, 0.4) is 0 Å².